The Morgan fingerprint density at radius 2 is 1.75 bits per heavy atom. The number of nitrogens with one attached hydrogen (secondary N) is 1. The van der Waals surface area contributed by atoms with Crippen molar-refractivity contribution in [2.75, 3.05) is 18.6 Å². The summed E-state index contributed by atoms with van der Waals surface area (Å²) in [7, 11) is -0.806. The first-order chi connectivity index (χ1) is 7.43. The molecule has 0 amide bonds. The molecular formula is C12H27NO2S. The molecule has 0 aromatic carbocycles. The molecule has 0 aliphatic rings. The first-order valence-electron chi connectivity index (χ1n) is 6.30. The monoisotopic (exact) mass is 249 g/mol. The molecule has 0 saturated carbocycles. The van der Waals surface area contributed by atoms with E-state index in [9.17, 15) is 8.42 Å². The van der Waals surface area contributed by atoms with Crippen molar-refractivity contribution in [3.63, 3.8) is 0 Å². The van der Waals surface area contributed by atoms with E-state index in [1.165, 1.54) is 0 Å². The van der Waals surface area contributed by atoms with Gasteiger partial charge in [0.1, 0.15) is 9.84 Å². The number of hydrogen-bond donors (Lipinski definition) is 1. The molecule has 0 aliphatic carbocycles. The summed E-state index contributed by atoms with van der Waals surface area (Å²) in [6.07, 6.45) is 3.59. The highest BCUT2D eigenvalue weighted by Gasteiger charge is 2.12. The Kier molecular flexibility index (Phi) is 8.02. The van der Waals surface area contributed by atoms with Crippen molar-refractivity contribution >= 4 is 9.84 Å². The summed E-state index contributed by atoms with van der Waals surface area (Å²) in [4.78, 5) is 0. The smallest absolute Gasteiger partial charge is 0.150 e. The van der Waals surface area contributed by atoms with E-state index in [2.05, 4.69) is 19.2 Å². The lowest BCUT2D eigenvalue weighted by Gasteiger charge is -2.19. The van der Waals surface area contributed by atoms with E-state index in [1.807, 2.05) is 14.0 Å². The van der Waals surface area contributed by atoms with E-state index in [0.29, 0.717) is 23.5 Å². The van der Waals surface area contributed by atoms with Crippen LogP contribution < -0.4 is 5.32 Å². The zero-order valence-electron chi connectivity index (χ0n) is 11.1. The molecule has 0 bridgehead atoms. The van der Waals surface area contributed by atoms with Crippen molar-refractivity contribution < 1.29 is 8.42 Å². The number of rotatable bonds is 9. The molecule has 1 N–H and O–H groups in total. The van der Waals surface area contributed by atoms with E-state index >= 15 is 0 Å². The van der Waals surface area contributed by atoms with Gasteiger partial charge in [0.2, 0.25) is 0 Å². The molecule has 0 aliphatic heterocycles. The fourth-order valence-corrected chi connectivity index (χ4v) is 3.38. The summed E-state index contributed by atoms with van der Waals surface area (Å²) in [5.41, 5.74) is 0. The highest BCUT2D eigenvalue weighted by atomic mass is 32.2. The van der Waals surface area contributed by atoms with Gasteiger partial charge in [0, 0.05) is 11.8 Å². The van der Waals surface area contributed by atoms with Crippen molar-refractivity contribution in [3.05, 3.63) is 0 Å². The normalized spacial score (nSPS) is 14.3. The summed E-state index contributed by atoms with van der Waals surface area (Å²) in [5.74, 6) is 1.30. The molecule has 3 nitrogen and oxygen atoms in total. The van der Waals surface area contributed by atoms with E-state index in [-0.39, 0.29) is 0 Å². The van der Waals surface area contributed by atoms with Crippen LogP contribution in [0.4, 0.5) is 0 Å². The molecule has 0 aromatic heterocycles. The maximum atomic E-state index is 11.5. The Hall–Kier alpha value is -0.0900. The predicted molar refractivity (Wildman–Crippen MR) is 70.5 cm³/mol. The second kappa shape index (κ2) is 8.07. The molecule has 0 heterocycles. The van der Waals surface area contributed by atoms with Gasteiger partial charge in [0.25, 0.3) is 0 Å². The number of unbranched alkanes of at least 4 members (excludes halogenated alkanes) is 1. The van der Waals surface area contributed by atoms with Crippen LogP contribution in [0.1, 0.15) is 46.5 Å². The summed E-state index contributed by atoms with van der Waals surface area (Å²) < 4.78 is 22.9. The highest BCUT2D eigenvalue weighted by Crippen LogP contribution is 2.10. The molecule has 0 rings (SSSR count). The van der Waals surface area contributed by atoms with Crippen molar-refractivity contribution in [3.8, 4) is 0 Å². The molecule has 0 radical (unpaired) electrons. The Balaban J connectivity index is 3.75. The molecule has 1 atom stereocenters. The molecule has 0 fully saturated rings. The van der Waals surface area contributed by atoms with Gasteiger partial charge in [-0.3, -0.25) is 0 Å². The molecule has 98 valence electrons. The molecule has 0 spiro atoms. The van der Waals surface area contributed by atoms with Gasteiger partial charge in [-0.15, -0.1) is 0 Å². The van der Waals surface area contributed by atoms with Crippen LogP contribution in [-0.2, 0) is 9.84 Å². The summed E-state index contributed by atoms with van der Waals surface area (Å²) in [5, 5.41) is 3.27. The first-order valence-corrected chi connectivity index (χ1v) is 8.12. The average molecular weight is 249 g/mol. The quantitative estimate of drug-likeness (QED) is 0.637. The third kappa shape index (κ3) is 7.23. The predicted octanol–water partition coefficient (Wildman–Crippen LogP) is 2.23. The van der Waals surface area contributed by atoms with Crippen LogP contribution >= 0.6 is 0 Å². The Morgan fingerprint density at radius 3 is 2.19 bits per heavy atom. The second-order valence-corrected chi connectivity index (χ2v) is 7.09. The summed E-state index contributed by atoms with van der Waals surface area (Å²) in [6.45, 7) is 6.29. The molecule has 4 heteroatoms. The fourth-order valence-electron chi connectivity index (χ4n) is 1.91. The van der Waals surface area contributed by atoms with Crippen molar-refractivity contribution in [2.45, 2.75) is 52.5 Å². The fraction of sp³-hybridized carbons (Fsp3) is 1.00. The van der Waals surface area contributed by atoms with Crippen LogP contribution in [0.3, 0.4) is 0 Å². The van der Waals surface area contributed by atoms with Gasteiger partial charge in [-0.05, 0) is 32.2 Å². The summed E-state index contributed by atoms with van der Waals surface area (Å²) in [6, 6.07) is 0.508. The first kappa shape index (κ1) is 15.9. The number of sulfone groups is 1. The minimum atomic E-state index is -2.78. The average Bonchev–Trinajstić information content (AvgIpc) is 2.17. The Labute approximate surface area is 101 Å². The van der Waals surface area contributed by atoms with Gasteiger partial charge in [-0.1, -0.05) is 27.2 Å². The van der Waals surface area contributed by atoms with Crippen LogP contribution in [0.15, 0.2) is 0 Å². The van der Waals surface area contributed by atoms with E-state index in [1.54, 1.807) is 0 Å². The topological polar surface area (TPSA) is 46.2 Å². The maximum Gasteiger partial charge on any atom is 0.150 e. The highest BCUT2D eigenvalue weighted by molar-refractivity contribution is 7.91. The van der Waals surface area contributed by atoms with Gasteiger partial charge in [-0.25, -0.2) is 8.42 Å². The van der Waals surface area contributed by atoms with Crippen LogP contribution in [0.25, 0.3) is 0 Å². The van der Waals surface area contributed by atoms with Crippen LogP contribution in [-0.4, -0.2) is 33.0 Å². The van der Waals surface area contributed by atoms with E-state index in [4.69, 9.17) is 0 Å². The lowest BCUT2D eigenvalue weighted by Crippen LogP contribution is -2.30. The van der Waals surface area contributed by atoms with Gasteiger partial charge in [0.15, 0.2) is 0 Å². The maximum absolute atomic E-state index is 11.5. The van der Waals surface area contributed by atoms with Gasteiger partial charge < -0.3 is 5.32 Å². The van der Waals surface area contributed by atoms with Crippen LogP contribution in [0.2, 0.25) is 0 Å². The second-order valence-electron chi connectivity index (χ2n) is 4.79. The number of hydrogen-bond acceptors (Lipinski definition) is 3. The zero-order chi connectivity index (χ0) is 12.6. The SMILES string of the molecule is CCCS(=O)(=O)CCCCC(NC)C(C)C. The van der Waals surface area contributed by atoms with E-state index in [0.717, 1.165) is 25.7 Å². The molecular weight excluding hydrogens is 222 g/mol. The third-order valence-electron chi connectivity index (χ3n) is 2.91. The van der Waals surface area contributed by atoms with Crippen molar-refractivity contribution in [1.29, 1.82) is 0 Å². The Morgan fingerprint density at radius 1 is 1.12 bits per heavy atom. The zero-order valence-corrected chi connectivity index (χ0v) is 11.9. The van der Waals surface area contributed by atoms with E-state index < -0.39 is 9.84 Å². The molecule has 0 saturated heterocycles. The third-order valence-corrected chi connectivity index (χ3v) is 4.85. The molecule has 0 aromatic rings. The Bertz CT molecular complexity index is 260. The largest absolute Gasteiger partial charge is 0.317 e. The van der Waals surface area contributed by atoms with Gasteiger partial charge >= 0.3 is 0 Å². The minimum Gasteiger partial charge on any atom is -0.317 e. The van der Waals surface area contributed by atoms with Crippen molar-refractivity contribution in [2.24, 2.45) is 5.92 Å². The van der Waals surface area contributed by atoms with Crippen LogP contribution in [0.5, 0.6) is 0 Å². The van der Waals surface area contributed by atoms with Crippen LogP contribution in [0, 0.1) is 5.92 Å². The lowest BCUT2D eigenvalue weighted by atomic mass is 9.99. The van der Waals surface area contributed by atoms with Gasteiger partial charge in [0.05, 0.1) is 5.75 Å². The van der Waals surface area contributed by atoms with Gasteiger partial charge in [-0.2, -0.15) is 0 Å². The standard InChI is InChI=1S/C12H27NO2S/c1-5-9-16(14,15)10-7-6-8-12(13-4)11(2)3/h11-13H,5-10H2,1-4H3. The minimum absolute atomic E-state index is 0.340. The summed E-state index contributed by atoms with van der Waals surface area (Å²) >= 11 is 0. The molecule has 16 heavy (non-hydrogen) atoms. The molecule has 1 unspecified atom stereocenters. The van der Waals surface area contributed by atoms with Crippen molar-refractivity contribution in [1.82, 2.24) is 5.32 Å². The lowest BCUT2D eigenvalue weighted by molar-refractivity contribution is 0.392.